The quantitative estimate of drug-likeness (QED) is 0.786. The third-order valence-electron chi connectivity index (χ3n) is 4.50. The standard InChI is InChI=1S/C19H24N4O3S/c1-13-15(14(2)26-22-13)11-27-12-18(24)20-16-7-3-4-8-17(16)21-19(25)23-9-5-6-10-23/h3-4,7-8H,5-6,9-12H2,1-2H3,(H,20,24)(H,21,25). The Bertz CT molecular complexity index is 796. The van der Waals surface area contributed by atoms with E-state index in [2.05, 4.69) is 15.8 Å². The van der Waals surface area contributed by atoms with Crippen molar-refractivity contribution >= 4 is 35.1 Å². The van der Waals surface area contributed by atoms with E-state index < -0.39 is 0 Å². The number of hydrogen-bond acceptors (Lipinski definition) is 5. The number of carbonyl (C=O) groups excluding carboxylic acids is 2. The molecule has 1 aromatic carbocycles. The van der Waals surface area contributed by atoms with Crippen molar-refractivity contribution in [3.05, 3.63) is 41.3 Å². The first-order chi connectivity index (χ1) is 13.0. The van der Waals surface area contributed by atoms with Gasteiger partial charge in [-0.2, -0.15) is 0 Å². The van der Waals surface area contributed by atoms with Crippen LogP contribution in [0.25, 0.3) is 0 Å². The van der Waals surface area contributed by atoms with Crippen molar-refractivity contribution < 1.29 is 14.1 Å². The molecule has 7 nitrogen and oxygen atoms in total. The van der Waals surface area contributed by atoms with Crippen molar-refractivity contribution in [1.82, 2.24) is 10.1 Å². The Kier molecular flexibility index (Phi) is 6.39. The number of benzene rings is 1. The first-order valence-electron chi connectivity index (χ1n) is 8.99. The Morgan fingerprint density at radius 3 is 2.44 bits per heavy atom. The summed E-state index contributed by atoms with van der Waals surface area (Å²) < 4.78 is 5.14. The number of amides is 3. The van der Waals surface area contributed by atoms with Crippen LogP contribution in [0.3, 0.4) is 0 Å². The molecule has 2 aromatic rings. The second kappa shape index (κ2) is 8.94. The van der Waals surface area contributed by atoms with Crippen molar-refractivity contribution in [3.8, 4) is 0 Å². The van der Waals surface area contributed by atoms with Crippen LogP contribution in [0.1, 0.15) is 29.9 Å². The van der Waals surface area contributed by atoms with E-state index >= 15 is 0 Å². The number of hydrogen-bond donors (Lipinski definition) is 2. The van der Waals surface area contributed by atoms with Gasteiger partial charge in [-0.05, 0) is 38.8 Å². The van der Waals surface area contributed by atoms with Gasteiger partial charge in [0.15, 0.2) is 0 Å². The predicted molar refractivity (Wildman–Crippen MR) is 107 cm³/mol. The Morgan fingerprint density at radius 1 is 1.15 bits per heavy atom. The van der Waals surface area contributed by atoms with Crippen molar-refractivity contribution in [3.63, 3.8) is 0 Å². The van der Waals surface area contributed by atoms with E-state index in [0.717, 1.165) is 42.9 Å². The molecule has 8 heteroatoms. The molecule has 3 rings (SSSR count). The van der Waals surface area contributed by atoms with Crippen LogP contribution < -0.4 is 10.6 Å². The highest BCUT2D eigenvalue weighted by Crippen LogP contribution is 2.23. The van der Waals surface area contributed by atoms with E-state index in [9.17, 15) is 9.59 Å². The molecule has 0 spiro atoms. The molecule has 3 amide bonds. The summed E-state index contributed by atoms with van der Waals surface area (Å²) in [6, 6.07) is 7.12. The zero-order chi connectivity index (χ0) is 19.2. The van der Waals surface area contributed by atoms with Gasteiger partial charge in [-0.25, -0.2) is 4.79 Å². The maximum absolute atomic E-state index is 12.3. The summed E-state index contributed by atoms with van der Waals surface area (Å²) in [6.45, 7) is 5.32. The van der Waals surface area contributed by atoms with Crippen LogP contribution in [0, 0.1) is 13.8 Å². The molecule has 0 saturated carbocycles. The van der Waals surface area contributed by atoms with E-state index in [0.29, 0.717) is 22.9 Å². The fourth-order valence-corrected chi connectivity index (χ4v) is 3.93. The van der Waals surface area contributed by atoms with Gasteiger partial charge >= 0.3 is 6.03 Å². The average Bonchev–Trinajstić information content (AvgIpc) is 3.29. The van der Waals surface area contributed by atoms with Crippen molar-refractivity contribution in [2.24, 2.45) is 0 Å². The van der Waals surface area contributed by atoms with Crippen LogP contribution >= 0.6 is 11.8 Å². The third kappa shape index (κ3) is 5.03. The first-order valence-corrected chi connectivity index (χ1v) is 10.1. The lowest BCUT2D eigenvalue weighted by Crippen LogP contribution is -2.32. The zero-order valence-electron chi connectivity index (χ0n) is 15.6. The number of thioether (sulfide) groups is 1. The van der Waals surface area contributed by atoms with Crippen LogP contribution in [0.15, 0.2) is 28.8 Å². The summed E-state index contributed by atoms with van der Waals surface area (Å²) in [7, 11) is 0. The summed E-state index contributed by atoms with van der Waals surface area (Å²) in [5.41, 5.74) is 3.10. The highest BCUT2D eigenvalue weighted by Gasteiger charge is 2.19. The van der Waals surface area contributed by atoms with Gasteiger partial charge in [0.25, 0.3) is 0 Å². The second-order valence-electron chi connectivity index (χ2n) is 6.51. The molecule has 0 aliphatic carbocycles. The molecule has 1 fully saturated rings. The van der Waals surface area contributed by atoms with Crippen molar-refractivity contribution in [2.75, 3.05) is 29.5 Å². The molecule has 144 valence electrons. The van der Waals surface area contributed by atoms with Crippen LogP contribution in [-0.2, 0) is 10.5 Å². The molecule has 0 radical (unpaired) electrons. The minimum atomic E-state index is -0.123. The highest BCUT2D eigenvalue weighted by atomic mass is 32.2. The molecule has 1 aliphatic heterocycles. The number of urea groups is 1. The lowest BCUT2D eigenvalue weighted by atomic mass is 10.2. The number of aryl methyl sites for hydroxylation is 2. The Balaban J connectivity index is 1.53. The number of nitrogens with one attached hydrogen (secondary N) is 2. The van der Waals surface area contributed by atoms with Gasteiger partial charge in [-0.1, -0.05) is 17.3 Å². The second-order valence-corrected chi connectivity index (χ2v) is 7.50. The summed E-state index contributed by atoms with van der Waals surface area (Å²) >= 11 is 1.50. The van der Waals surface area contributed by atoms with E-state index in [1.54, 1.807) is 17.0 Å². The number of rotatable bonds is 6. The van der Waals surface area contributed by atoms with Crippen LogP contribution in [0.2, 0.25) is 0 Å². The molecule has 2 N–H and O–H groups in total. The van der Waals surface area contributed by atoms with Crippen LogP contribution in [0.5, 0.6) is 0 Å². The maximum Gasteiger partial charge on any atom is 0.321 e. The molecule has 1 saturated heterocycles. The molecule has 1 aromatic heterocycles. The molecule has 2 heterocycles. The predicted octanol–water partition coefficient (Wildman–Crippen LogP) is 3.79. The number of para-hydroxylation sites is 2. The van der Waals surface area contributed by atoms with Gasteiger partial charge in [-0.15, -0.1) is 11.8 Å². The fraction of sp³-hybridized carbons (Fsp3) is 0.421. The van der Waals surface area contributed by atoms with Gasteiger partial charge in [0.2, 0.25) is 5.91 Å². The molecular weight excluding hydrogens is 364 g/mol. The first kappa shape index (κ1) is 19.3. The van der Waals surface area contributed by atoms with E-state index in [4.69, 9.17) is 4.52 Å². The van der Waals surface area contributed by atoms with Gasteiger partial charge in [-0.3, -0.25) is 4.79 Å². The van der Waals surface area contributed by atoms with Gasteiger partial charge in [0.1, 0.15) is 5.76 Å². The van der Waals surface area contributed by atoms with Crippen LogP contribution in [-0.4, -0.2) is 40.8 Å². The maximum atomic E-state index is 12.3. The smallest absolute Gasteiger partial charge is 0.321 e. The Labute approximate surface area is 162 Å². The van der Waals surface area contributed by atoms with E-state index in [1.165, 1.54) is 11.8 Å². The van der Waals surface area contributed by atoms with E-state index in [1.807, 2.05) is 26.0 Å². The van der Waals surface area contributed by atoms with Crippen LogP contribution in [0.4, 0.5) is 16.2 Å². The molecule has 0 unspecified atom stereocenters. The zero-order valence-corrected chi connectivity index (χ0v) is 16.4. The monoisotopic (exact) mass is 388 g/mol. The average molecular weight is 388 g/mol. The summed E-state index contributed by atoms with van der Waals surface area (Å²) in [5, 5.41) is 9.70. The third-order valence-corrected chi connectivity index (χ3v) is 5.46. The number of likely N-dealkylation sites (tertiary alicyclic amines) is 1. The number of carbonyl (C=O) groups is 2. The topological polar surface area (TPSA) is 87.5 Å². The number of nitrogens with zero attached hydrogens (tertiary/aromatic N) is 2. The lowest BCUT2D eigenvalue weighted by Gasteiger charge is -2.18. The number of anilines is 2. The molecule has 27 heavy (non-hydrogen) atoms. The molecule has 0 bridgehead atoms. The summed E-state index contributed by atoms with van der Waals surface area (Å²) in [6.07, 6.45) is 2.07. The SMILES string of the molecule is Cc1noc(C)c1CSCC(=O)Nc1ccccc1NC(=O)N1CCCC1. The van der Waals surface area contributed by atoms with Crippen molar-refractivity contribution in [2.45, 2.75) is 32.4 Å². The summed E-state index contributed by atoms with van der Waals surface area (Å²) in [4.78, 5) is 26.4. The minimum Gasteiger partial charge on any atom is -0.361 e. The van der Waals surface area contributed by atoms with Crippen molar-refractivity contribution in [1.29, 1.82) is 0 Å². The Hall–Kier alpha value is -2.48. The largest absolute Gasteiger partial charge is 0.361 e. The molecular formula is C19H24N4O3S. The van der Waals surface area contributed by atoms with Gasteiger partial charge in [0.05, 0.1) is 22.8 Å². The molecule has 0 atom stereocenters. The normalized spacial score (nSPS) is 13.6. The minimum absolute atomic E-state index is 0.116. The lowest BCUT2D eigenvalue weighted by molar-refractivity contribution is -0.113. The summed E-state index contributed by atoms with van der Waals surface area (Å²) in [5.74, 6) is 1.64. The Morgan fingerprint density at radius 2 is 1.81 bits per heavy atom. The van der Waals surface area contributed by atoms with Gasteiger partial charge in [0, 0.05) is 24.4 Å². The fourth-order valence-electron chi connectivity index (χ4n) is 2.96. The van der Waals surface area contributed by atoms with Gasteiger partial charge < -0.3 is 20.1 Å². The molecule has 1 aliphatic rings. The van der Waals surface area contributed by atoms with E-state index in [-0.39, 0.29) is 11.9 Å². The number of aromatic nitrogens is 1. The highest BCUT2D eigenvalue weighted by molar-refractivity contribution is 7.99.